The van der Waals surface area contributed by atoms with Gasteiger partial charge < -0.3 is 9.47 Å². The van der Waals surface area contributed by atoms with Gasteiger partial charge in [-0.3, -0.25) is 0 Å². The summed E-state index contributed by atoms with van der Waals surface area (Å²) < 4.78 is 10.4. The smallest absolute Gasteiger partial charge is 0.344 e. The van der Waals surface area contributed by atoms with Gasteiger partial charge in [0.15, 0.2) is 6.61 Å². The molecule has 0 aliphatic carbocycles. The Balaban J connectivity index is 2.68. The summed E-state index contributed by atoms with van der Waals surface area (Å²) >= 11 is 0. The lowest BCUT2D eigenvalue weighted by atomic mass is 9.86. The van der Waals surface area contributed by atoms with Gasteiger partial charge in [-0.05, 0) is 17.0 Å². The van der Waals surface area contributed by atoms with Crippen molar-refractivity contribution in [2.45, 2.75) is 26.2 Å². The van der Waals surface area contributed by atoms with E-state index >= 15 is 0 Å². The number of rotatable bonds is 5. The normalized spacial score (nSPS) is 10.8. The van der Waals surface area contributed by atoms with E-state index in [2.05, 4.69) is 27.4 Å². The molecular weight excluding hydrogens is 228 g/mol. The highest BCUT2D eigenvalue weighted by molar-refractivity contribution is 5.71. The zero-order valence-corrected chi connectivity index (χ0v) is 11.2. The van der Waals surface area contributed by atoms with Crippen LogP contribution >= 0.6 is 0 Å². The maximum absolute atomic E-state index is 11.3. The molecule has 0 N–H and O–H groups in total. The minimum Gasteiger partial charge on any atom is -0.482 e. The largest absolute Gasteiger partial charge is 0.482 e. The summed E-state index contributed by atoms with van der Waals surface area (Å²) in [5.41, 5.74) is 1.04. The number of hydrogen-bond acceptors (Lipinski definition) is 3. The Bertz CT molecular complexity index is 416. The molecule has 0 heterocycles. The van der Waals surface area contributed by atoms with Crippen LogP contribution in [0.15, 0.2) is 36.9 Å². The monoisotopic (exact) mass is 248 g/mol. The maximum Gasteiger partial charge on any atom is 0.344 e. The SMILES string of the molecule is C=CCOC(=O)COc1ccccc1C(C)(C)C. The Morgan fingerprint density at radius 2 is 2.00 bits per heavy atom. The summed E-state index contributed by atoms with van der Waals surface area (Å²) in [5.74, 6) is 0.333. The fourth-order valence-electron chi connectivity index (χ4n) is 1.54. The highest BCUT2D eigenvalue weighted by Crippen LogP contribution is 2.30. The van der Waals surface area contributed by atoms with Crippen LogP contribution in [0.2, 0.25) is 0 Å². The van der Waals surface area contributed by atoms with E-state index in [4.69, 9.17) is 9.47 Å². The molecule has 0 amide bonds. The zero-order valence-electron chi connectivity index (χ0n) is 11.2. The molecule has 1 aromatic carbocycles. The van der Waals surface area contributed by atoms with Gasteiger partial charge in [0.2, 0.25) is 0 Å². The third kappa shape index (κ3) is 4.24. The lowest BCUT2D eigenvalue weighted by Crippen LogP contribution is -2.18. The Morgan fingerprint density at radius 1 is 1.33 bits per heavy atom. The summed E-state index contributed by atoms with van der Waals surface area (Å²) in [4.78, 5) is 11.3. The third-order valence-corrected chi connectivity index (χ3v) is 2.40. The van der Waals surface area contributed by atoms with Crippen LogP contribution in [0.3, 0.4) is 0 Å². The average Bonchev–Trinajstić information content (AvgIpc) is 2.33. The van der Waals surface area contributed by atoms with Crippen LogP contribution in [-0.4, -0.2) is 19.2 Å². The number of carbonyl (C=O) groups excluding carboxylic acids is 1. The average molecular weight is 248 g/mol. The minimum absolute atomic E-state index is 0.0262. The van der Waals surface area contributed by atoms with Gasteiger partial charge in [0.25, 0.3) is 0 Å². The first-order valence-electron chi connectivity index (χ1n) is 5.94. The zero-order chi connectivity index (χ0) is 13.6. The fraction of sp³-hybridized carbons (Fsp3) is 0.400. The maximum atomic E-state index is 11.3. The number of carbonyl (C=O) groups is 1. The molecule has 0 aliphatic rings. The van der Waals surface area contributed by atoms with Gasteiger partial charge in [0, 0.05) is 0 Å². The van der Waals surface area contributed by atoms with E-state index in [9.17, 15) is 4.79 Å². The first-order chi connectivity index (χ1) is 8.45. The van der Waals surface area contributed by atoms with Gasteiger partial charge in [0.1, 0.15) is 12.4 Å². The summed E-state index contributed by atoms with van der Waals surface area (Å²) in [7, 11) is 0. The molecule has 0 unspecified atom stereocenters. The topological polar surface area (TPSA) is 35.5 Å². The first-order valence-corrected chi connectivity index (χ1v) is 5.94. The molecule has 0 saturated heterocycles. The molecule has 1 rings (SSSR count). The van der Waals surface area contributed by atoms with Crippen LogP contribution in [0, 0.1) is 0 Å². The lowest BCUT2D eigenvalue weighted by Gasteiger charge is -2.22. The van der Waals surface area contributed by atoms with Crippen molar-refractivity contribution in [1.82, 2.24) is 0 Å². The number of benzene rings is 1. The van der Waals surface area contributed by atoms with Gasteiger partial charge in [-0.1, -0.05) is 51.6 Å². The highest BCUT2D eigenvalue weighted by Gasteiger charge is 2.18. The second kappa shape index (κ2) is 6.24. The number of para-hydroxylation sites is 1. The molecule has 0 saturated carbocycles. The Labute approximate surface area is 108 Å². The number of ether oxygens (including phenoxy) is 2. The van der Waals surface area contributed by atoms with Crippen LogP contribution in [-0.2, 0) is 14.9 Å². The van der Waals surface area contributed by atoms with E-state index in [1.165, 1.54) is 6.08 Å². The lowest BCUT2D eigenvalue weighted by molar-refractivity contribution is -0.144. The summed E-state index contributed by atoms with van der Waals surface area (Å²) in [6.45, 7) is 9.92. The minimum atomic E-state index is -0.390. The van der Waals surface area contributed by atoms with Crippen LogP contribution in [0.5, 0.6) is 5.75 Å². The van der Waals surface area contributed by atoms with Gasteiger partial charge >= 0.3 is 5.97 Å². The predicted octanol–water partition coefficient (Wildman–Crippen LogP) is 3.09. The fourth-order valence-corrected chi connectivity index (χ4v) is 1.54. The van der Waals surface area contributed by atoms with Crippen molar-refractivity contribution in [3.8, 4) is 5.75 Å². The molecule has 0 bridgehead atoms. The summed E-state index contributed by atoms with van der Waals surface area (Å²) in [6.07, 6.45) is 1.53. The van der Waals surface area contributed by atoms with Gasteiger partial charge in [-0.2, -0.15) is 0 Å². The molecule has 0 spiro atoms. The van der Waals surface area contributed by atoms with Gasteiger partial charge in [-0.15, -0.1) is 0 Å². The van der Waals surface area contributed by atoms with E-state index in [0.717, 1.165) is 11.3 Å². The van der Waals surface area contributed by atoms with Crippen LogP contribution in [0.1, 0.15) is 26.3 Å². The quantitative estimate of drug-likeness (QED) is 0.593. The molecular formula is C15H20O3. The molecule has 3 nitrogen and oxygen atoms in total. The van der Waals surface area contributed by atoms with Gasteiger partial charge in [-0.25, -0.2) is 4.79 Å². The van der Waals surface area contributed by atoms with E-state index in [1.54, 1.807) is 0 Å². The Hall–Kier alpha value is -1.77. The standard InChI is InChI=1S/C15H20O3/c1-5-10-17-14(16)11-18-13-9-7-6-8-12(13)15(2,3)4/h5-9H,1,10-11H2,2-4H3. The van der Waals surface area contributed by atoms with Crippen molar-refractivity contribution < 1.29 is 14.3 Å². The Kier molecular flexibility index (Phi) is 4.95. The summed E-state index contributed by atoms with van der Waals surface area (Å²) in [6, 6.07) is 7.72. The van der Waals surface area contributed by atoms with Crippen LogP contribution in [0.4, 0.5) is 0 Å². The van der Waals surface area contributed by atoms with Crippen molar-refractivity contribution in [2.24, 2.45) is 0 Å². The van der Waals surface area contributed by atoms with E-state index in [0.29, 0.717) is 0 Å². The molecule has 0 radical (unpaired) electrons. The van der Waals surface area contributed by atoms with Crippen molar-refractivity contribution in [1.29, 1.82) is 0 Å². The van der Waals surface area contributed by atoms with E-state index in [-0.39, 0.29) is 18.6 Å². The molecule has 1 aromatic rings. The number of esters is 1. The van der Waals surface area contributed by atoms with Crippen molar-refractivity contribution in [3.63, 3.8) is 0 Å². The summed E-state index contributed by atoms with van der Waals surface area (Å²) in [5, 5.41) is 0. The van der Waals surface area contributed by atoms with Crippen molar-refractivity contribution >= 4 is 5.97 Å². The van der Waals surface area contributed by atoms with E-state index in [1.807, 2.05) is 24.3 Å². The molecule has 0 atom stereocenters. The van der Waals surface area contributed by atoms with E-state index < -0.39 is 5.97 Å². The molecule has 3 heteroatoms. The van der Waals surface area contributed by atoms with Crippen LogP contribution < -0.4 is 4.74 Å². The Morgan fingerprint density at radius 3 is 2.61 bits per heavy atom. The van der Waals surface area contributed by atoms with Crippen LogP contribution in [0.25, 0.3) is 0 Å². The highest BCUT2D eigenvalue weighted by atomic mass is 16.6. The number of hydrogen-bond donors (Lipinski definition) is 0. The predicted molar refractivity (Wildman–Crippen MR) is 71.8 cm³/mol. The second-order valence-electron chi connectivity index (χ2n) is 5.01. The molecule has 0 fully saturated rings. The molecule has 18 heavy (non-hydrogen) atoms. The third-order valence-electron chi connectivity index (χ3n) is 2.40. The molecule has 0 aromatic heterocycles. The van der Waals surface area contributed by atoms with Gasteiger partial charge in [0.05, 0.1) is 0 Å². The molecule has 0 aliphatic heterocycles. The second-order valence-corrected chi connectivity index (χ2v) is 5.01. The van der Waals surface area contributed by atoms with Crippen molar-refractivity contribution in [2.75, 3.05) is 13.2 Å². The molecule has 98 valence electrons. The first kappa shape index (κ1) is 14.3. The van der Waals surface area contributed by atoms with Crippen molar-refractivity contribution in [3.05, 3.63) is 42.5 Å².